The molecule has 25 heavy (non-hydrogen) atoms. The van der Waals surface area contributed by atoms with Crippen LogP contribution in [-0.2, 0) is 0 Å². The van der Waals surface area contributed by atoms with Crippen LogP contribution in [0.4, 0.5) is 10.8 Å². The zero-order valence-electron chi connectivity index (χ0n) is 12.4. The van der Waals surface area contributed by atoms with Crippen molar-refractivity contribution >= 4 is 51.3 Å². The molecule has 2 aromatic carbocycles. The van der Waals surface area contributed by atoms with Crippen molar-refractivity contribution in [2.75, 3.05) is 5.32 Å². The molecular weight excluding hydrogens is 385 g/mol. The lowest BCUT2D eigenvalue weighted by Crippen LogP contribution is -2.11. The van der Waals surface area contributed by atoms with E-state index < -0.39 is 10.8 Å². The number of nitrogens with one attached hydrogen (secondary N) is 1. The quantitative estimate of drug-likeness (QED) is 0.482. The van der Waals surface area contributed by atoms with Crippen LogP contribution in [0.25, 0.3) is 11.3 Å². The highest BCUT2D eigenvalue weighted by molar-refractivity contribution is 7.14. The summed E-state index contributed by atoms with van der Waals surface area (Å²) >= 11 is 13.3. The minimum absolute atomic E-state index is 0.154. The summed E-state index contributed by atoms with van der Waals surface area (Å²) in [6.45, 7) is 0. The molecule has 126 valence electrons. The number of thiazole rings is 1. The molecule has 0 aliphatic heterocycles. The maximum absolute atomic E-state index is 12.2. The summed E-state index contributed by atoms with van der Waals surface area (Å²) in [5.41, 5.74) is 1.25. The smallest absolute Gasteiger partial charge is 0.270 e. The van der Waals surface area contributed by atoms with Crippen molar-refractivity contribution in [2.45, 2.75) is 0 Å². The second-order valence-electron chi connectivity index (χ2n) is 4.92. The summed E-state index contributed by atoms with van der Waals surface area (Å²) in [6, 6.07) is 10.5. The zero-order valence-corrected chi connectivity index (χ0v) is 14.7. The van der Waals surface area contributed by atoms with Crippen molar-refractivity contribution in [3.63, 3.8) is 0 Å². The molecule has 6 nitrogen and oxygen atoms in total. The van der Waals surface area contributed by atoms with Crippen LogP contribution in [0.5, 0.6) is 0 Å². The van der Waals surface area contributed by atoms with E-state index in [1.807, 2.05) is 0 Å². The van der Waals surface area contributed by atoms with E-state index in [2.05, 4.69) is 10.3 Å². The van der Waals surface area contributed by atoms with E-state index in [9.17, 15) is 14.9 Å². The fourth-order valence-electron chi connectivity index (χ4n) is 2.08. The second-order valence-corrected chi connectivity index (χ2v) is 6.63. The predicted octanol–water partition coefficient (Wildman–Crippen LogP) is 5.28. The third-order valence-corrected chi connectivity index (χ3v) is 4.57. The van der Waals surface area contributed by atoms with Crippen LogP contribution in [0.2, 0.25) is 10.0 Å². The Hall–Kier alpha value is -2.48. The molecular formula is C16H9Cl2N3O3S. The number of aromatic nitrogens is 1. The van der Waals surface area contributed by atoms with Crippen LogP contribution in [0.1, 0.15) is 10.4 Å². The van der Waals surface area contributed by atoms with Crippen LogP contribution < -0.4 is 5.32 Å². The Labute approximate surface area is 156 Å². The minimum atomic E-state index is -0.556. The topological polar surface area (TPSA) is 85.1 Å². The number of nitrogens with zero attached hydrogens (tertiary/aromatic N) is 2. The molecule has 0 atom stereocenters. The Balaban J connectivity index is 1.81. The highest BCUT2D eigenvalue weighted by Crippen LogP contribution is 2.32. The number of amides is 1. The summed E-state index contributed by atoms with van der Waals surface area (Å²) in [6.07, 6.45) is 0. The number of non-ortho nitro benzene ring substituents is 1. The van der Waals surface area contributed by atoms with Gasteiger partial charge in [-0.3, -0.25) is 20.2 Å². The Kier molecular flexibility index (Phi) is 4.98. The SMILES string of the molecule is O=C(Nc1nc(-c2cc(Cl)ccc2Cl)cs1)c1cccc([N+](=O)[O-])c1. The first-order valence-corrected chi connectivity index (χ1v) is 8.54. The van der Waals surface area contributed by atoms with Crippen LogP contribution in [0.15, 0.2) is 47.8 Å². The minimum Gasteiger partial charge on any atom is -0.298 e. The molecule has 1 heterocycles. The lowest BCUT2D eigenvalue weighted by atomic mass is 10.2. The Morgan fingerprint density at radius 3 is 2.76 bits per heavy atom. The average Bonchev–Trinajstić information content (AvgIpc) is 3.05. The molecule has 0 saturated heterocycles. The first-order chi connectivity index (χ1) is 11.9. The molecule has 9 heteroatoms. The summed E-state index contributed by atoms with van der Waals surface area (Å²) in [5, 5.41) is 16.5. The highest BCUT2D eigenvalue weighted by Gasteiger charge is 2.14. The van der Waals surface area contributed by atoms with Gasteiger partial charge >= 0.3 is 0 Å². The molecule has 0 aliphatic rings. The van der Waals surface area contributed by atoms with Gasteiger partial charge in [0.25, 0.3) is 11.6 Å². The van der Waals surface area contributed by atoms with E-state index in [0.717, 1.165) is 0 Å². The number of hydrogen-bond donors (Lipinski definition) is 1. The van der Waals surface area contributed by atoms with Gasteiger partial charge in [-0.25, -0.2) is 4.98 Å². The normalized spacial score (nSPS) is 10.5. The van der Waals surface area contributed by atoms with Crippen molar-refractivity contribution in [3.8, 4) is 11.3 Å². The van der Waals surface area contributed by atoms with E-state index in [1.54, 1.807) is 23.6 Å². The van der Waals surface area contributed by atoms with E-state index in [-0.39, 0.29) is 11.3 Å². The van der Waals surface area contributed by atoms with Crippen molar-refractivity contribution < 1.29 is 9.72 Å². The first kappa shape index (κ1) is 17.3. The molecule has 0 radical (unpaired) electrons. The molecule has 0 saturated carbocycles. The van der Waals surface area contributed by atoms with Gasteiger partial charge in [0, 0.05) is 33.7 Å². The number of carbonyl (C=O) groups is 1. The molecule has 0 bridgehead atoms. The Morgan fingerprint density at radius 1 is 1.20 bits per heavy atom. The Morgan fingerprint density at radius 2 is 2.00 bits per heavy atom. The van der Waals surface area contributed by atoms with Crippen LogP contribution in [0, 0.1) is 10.1 Å². The molecule has 0 spiro atoms. The van der Waals surface area contributed by atoms with Crippen LogP contribution in [-0.4, -0.2) is 15.8 Å². The molecule has 0 fully saturated rings. The summed E-state index contributed by atoms with van der Waals surface area (Å²) in [7, 11) is 0. The molecule has 1 N–H and O–H groups in total. The predicted molar refractivity (Wildman–Crippen MR) is 98.6 cm³/mol. The zero-order chi connectivity index (χ0) is 18.0. The number of halogens is 2. The number of benzene rings is 2. The second kappa shape index (κ2) is 7.18. The van der Waals surface area contributed by atoms with Gasteiger partial charge in [0.15, 0.2) is 5.13 Å². The number of anilines is 1. The van der Waals surface area contributed by atoms with Gasteiger partial charge in [0.1, 0.15) is 0 Å². The van der Waals surface area contributed by atoms with Gasteiger partial charge in [0.05, 0.1) is 15.6 Å². The number of carbonyl (C=O) groups excluding carboxylic acids is 1. The standard InChI is InChI=1S/C16H9Cl2N3O3S/c17-10-4-5-13(18)12(7-10)14-8-25-16(19-14)20-15(22)9-2-1-3-11(6-9)21(23)24/h1-8H,(H,19,20,22). The summed E-state index contributed by atoms with van der Waals surface area (Å²) < 4.78 is 0. The summed E-state index contributed by atoms with van der Waals surface area (Å²) in [4.78, 5) is 26.8. The molecule has 1 amide bonds. The van der Waals surface area contributed by atoms with E-state index in [1.165, 1.54) is 35.6 Å². The van der Waals surface area contributed by atoms with Gasteiger partial charge in [-0.15, -0.1) is 11.3 Å². The largest absolute Gasteiger partial charge is 0.298 e. The van der Waals surface area contributed by atoms with Gasteiger partial charge in [-0.05, 0) is 24.3 Å². The fraction of sp³-hybridized carbons (Fsp3) is 0. The van der Waals surface area contributed by atoms with Gasteiger partial charge in [0.2, 0.25) is 0 Å². The van der Waals surface area contributed by atoms with Gasteiger partial charge < -0.3 is 0 Å². The van der Waals surface area contributed by atoms with Crippen molar-refractivity contribution in [1.82, 2.24) is 4.98 Å². The number of rotatable bonds is 4. The van der Waals surface area contributed by atoms with Crippen molar-refractivity contribution in [3.05, 3.63) is 73.6 Å². The monoisotopic (exact) mass is 393 g/mol. The highest BCUT2D eigenvalue weighted by atomic mass is 35.5. The number of hydrogen-bond acceptors (Lipinski definition) is 5. The van der Waals surface area contributed by atoms with Gasteiger partial charge in [-0.2, -0.15) is 0 Å². The first-order valence-electron chi connectivity index (χ1n) is 6.91. The van der Waals surface area contributed by atoms with Gasteiger partial charge in [-0.1, -0.05) is 29.3 Å². The lowest BCUT2D eigenvalue weighted by molar-refractivity contribution is -0.384. The molecule has 0 aliphatic carbocycles. The maximum atomic E-state index is 12.2. The Bertz CT molecular complexity index is 975. The molecule has 0 unspecified atom stereocenters. The summed E-state index contributed by atoms with van der Waals surface area (Å²) in [5.74, 6) is -0.484. The maximum Gasteiger partial charge on any atom is 0.270 e. The van der Waals surface area contributed by atoms with Crippen LogP contribution >= 0.6 is 34.5 Å². The molecule has 1 aromatic heterocycles. The molecule has 3 aromatic rings. The van der Waals surface area contributed by atoms with E-state index in [0.29, 0.717) is 26.4 Å². The number of nitro groups is 1. The third-order valence-electron chi connectivity index (χ3n) is 3.25. The average molecular weight is 394 g/mol. The van der Waals surface area contributed by atoms with E-state index >= 15 is 0 Å². The van der Waals surface area contributed by atoms with Crippen molar-refractivity contribution in [2.24, 2.45) is 0 Å². The third kappa shape index (κ3) is 3.96. The lowest BCUT2D eigenvalue weighted by Gasteiger charge is -2.02. The van der Waals surface area contributed by atoms with Crippen molar-refractivity contribution in [1.29, 1.82) is 0 Å². The molecule has 3 rings (SSSR count). The van der Waals surface area contributed by atoms with E-state index in [4.69, 9.17) is 23.2 Å². The fourth-order valence-corrected chi connectivity index (χ4v) is 3.17. The van der Waals surface area contributed by atoms with Crippen LogP contribution in [0.3, 0.4) is 0 Å². The number of nitro benzene ring substituents is 1.